The summed E-state index contributed by atoms with van der Waals surface area (Å²) >= 11 is 1.42. The lowest BCUT2D eigenvalue weighted by molar-refractivity contribution is -0.145. The topological polar surface area (TPSA) is 305 Å². The third-order valence-corrected chi connectivity index (χ3v) is 7.56. The van der Waals surface area contributed by atoms with E-state index >= 15 is 0 Å². The number of carboxylic acid groups (broad SMARTS) is 1. The lowest BCUT2D eigenvalue weighted by Gasteiger charge is -2.31. The first kappa shape index (κ1) is 39.3. The van der Waals surface area contributed by atoms with Crippen LogP contribution in [0.4, 0.5) is 0 Å². The summed E-state index contributed by atoms with van der Waals surface area (Å²) in [7, 11) is 0. The maximum Gasteiger partial charge on any atom is 0.326 e. The first-order valence-corrected chi connectivity index (χ1v) is 15.9. The number of carbonyl (C=O) groups is 6. The van der Waals surface area contributed by atoms with Gasteiger partial charge in [0.05, 0.1) is 18.8 Å². The molecule has 0 spiro atoms. The number of amides is 5. The van der Waals surface area contributed by atoms with Gasteiger partial charge in [-0.2, -0.15) is 11.8 Å². The Hall–Kier alpha value is -3.68. The van der Waals surface area contributed by atoms with Crippen LogP contribution >= 0.6 is 11.8 Å². The zero-order chi connectivity index (χ0) is 34.3. The minimum Gasteiger partial charge on any atom is -0.480 e. The van der Waals surface area contributed by atoms with Gasteiger partial charge in [-0.05, 0) is 58.0 Å². The van der Waals surface area contributed by atoms with Gasteiger partial charge in [0.15, 0.2) is 5.96 Å². The first-order valence-electron chi connectivity index (χ1n) is 14.5. The van der Waals surface area contributed by atoms with Crippen molar-refractivity contribution in [2.75, 3.05) is 31.7 Å². The molecule has 0 bridgehead atoms. The van der Waals surface area contributed by atoms with E-state index in [0.29, 0.717) is 12.2 Å². The second-order valence-corrected chi connectivity index (χ2v) is 11.6. The van der Waals surface area contributed by atoms with Gasteiger partial charge in [-0.25, -0.2) is 4.79 Å². The van der Waals surface area contributed by atoms with Crippen molar-refractivity contribution in [1.29, 1.82) is 0 Å². The van der Waals surface area contributed by atoms with Crippen LogP contribution in [-0.4, -0.2) is 136 Å². The molecule has 1 aliphatic heterocycles. The van der Waals surface area contributed by atoms with Crippen LogP contribution in [0.25, 0.3) is 0 Å². The molecule has 0 radical (unpaired) electrons. The van der Waals surface area contributed by atoms with Crippen LogP contribution in [-0.2, 0) is 28.8 Å². The van der Waals surface area contributed by atoms with Crippen LogP contribution in [0.3, 0.4) is 0 Å². The summed E-state index contributed by atoms with van der Waals surface area (Å²) in [5.74, 6) is -4.87. The molecule has 0 saturated carbocycles. The molecule has 7 atom stereocenters. The second-order valence-electron chi connectivity index (χ2n) is 10.6. The number of aliphatic carboxylic acids is 1. The summed E-state index contributed by atoms with van der Waals surface area (Å²) in [6, 6.07) is -7.47. The molecule has 5 amide bonds. The molecule has 0 aromatic rings. The molecule has 18 nitrogen and oxygen atoms in total. The number of carboxylic acids is 1. The third kappa shape index (κ3) is 13.1. The first-order chi connectivity index (χ1) is 21.1. The Kier molecular flexibility index (Phi) is 17.2. The number of nitrogens with one attached hydrogen (secondary N) is 4. The Morgan fingerprint density at radius 2 is 1.60 bits per heavy atom. The lowest BCUT2D eigenvalue weighted by Crippen LogP contribution is -2.61. The van der Waals surface area contributed by atoms with Crippen molar-refractivity contribution < 1.29 is 44.1 Å². The highest BCUT2D eigenvalue weighted by molar-refractivity contribution is 7.98. The van der Waals surface area contributed by atoms with Gasteiger partial charge in [-0.3, -0.25) is 29.0 Å². The summed E-state index contributed by atoms with van der Waals surface area (Å²) in [4.78, 5) is 81.6. The number of nitrogens with two attached hydrogens (primary N) is 3. The molecule has 19 heteroatoms. The molecule has 1 rings (SSSR count). The maximum absolute atomic E-state index is 13.8. The summed E-state index contributed by atoms with van der Waals surface area (Å²) < 4.78 is 0. The van der Waals surface area contributed by atoms with Gasteiger partial charge in [0, 0.05) is 13.1 Å². The summed E-state index contributed by atoms with van der Waals surface area (Å²) in [5.41, 5.74) is 16.2. The van der Waals surface area contributed by atoms with Crippen molar-refractivity contribution in [1.82, 2.24) is 26.2 Å². The normalized spacial score (nSPS) is 18.4. The molecular weight excluding hydrogens is 614 g/mol. The van der Waals surface area contributed by atoms with Crippen molar-refractivity contribution in [2.45, 2.75) is 88.3 Å². The van der Waals surface area contributed by atoms with Gasteiger partial charge < -0.3 is 58.7 Å². The zero-order valence-electron chi connectivity index (χ0n) is 25.7. The smallest absolute Gasteiger partial charge is 0.326 e. The highest BCUT2D eigenvalue weighted by Crippen LogP contribution is 2.20. The van der Waals surface area contributed by atoms with Crippen molar-refractivity contribution in [3.05, 3.63) is 0 Å². The van der Waals surface area contributed by atoms with Crippen molar-refractivity contribution in [3.63, 3.8) is 0 Å². The van der Waals surface area contributed by atoms with E-state index in [4.69, 9.17) is 17.2 Å². The molecule has 0 aromatic heterocycles. The quantitative estimate of drug-likeness (QED) is 0.0355. The number of thioether (sulfide) groups is 1. The molecule has 256 valence electrons. The Morgan fingerprint density at radius 3 is 2.13 bits per heavy atom. The Bertz CT molecular complexity index is 1070. The molecule has 0 aromatic carbocycles. The number of nitrogens with zero attached hydrogens (tertiary/aromatic N) is 2. The van der Waals surface area contributed by atoms with E-state index in [1.54, 1.807) is 6.26 Å². The standard InChI is InChI=1S/C26H47N9O9S/c1-13(27)20(38)33-17(12-36)21(39)34-19(14(2)37)23(41)31-15(6-4-9-30-26(28)29)24(42)35-10-5-7-18(35)22(40)32-16(25(43)44)8-11-45-3/h13-19,36-37H,4-12,27H2,1-3H3,(H,31,41)(H,32,40)(H,33,38)(H,34,39)(H,43,44)(H4,28,29,30)/t13-,14+,15-,16-,17-,18-,19-/m0/s1. The average Bonchev–Trinajstić information content (AvgIpc) is 3.47. The number of aliphatic imine (C=N–C) groups is 1. The molecule has 1 fully saturated rings. The number of hydrogen-bond acceptors (Lipinski definition) is 11. The number of hydrogen-bond donors (Lipinski definition) is 10. The van der Waals surface area contributed by atoms with Crippen LogP contribution in [0.1, 0.15) is 46.0 Å². The summed E-state index contributed by atoms with van der Waals surface area (Å²) in [6.07, 6.45) is 1.45. The number of guanidine groups is 1. The van der Waals surface area contributed by atoms with Gasteiger partial charge in [0.25, 0.3) is 0 Å². The predicted molar refractivity (Wildman–Crippen MR) is 165 cm³/mol. The van der Waals surface area contributed by atoms with E-state index in [-0.39, 0.29) is 44.7 Å². The highest BCUT2D eigenvalue weighted by atomic mass is 32.2. The lowest BCUT2D eigenvalue weighted by atomic mass is 10.1. The largest absolute Gasteiger partial charge is 0.480 e. The minimum absolute atomic E-state index is 0.00184. The number of aliphatic hydroxyl groups excluding tert-OH is 2. The number of rotatable bonds is 19. The van der Waals surface area contributed by atoms with E-state index < -0.39 is 84.5 Å². The zero-order valence-corrected chi connectivity index (χ0v) is 26.5. The van der Waals surface area contributed by atoms with E-state index in [1.165, 1.54) is 30.5 Å². The van der Waals surface area contributed by atoms with E-state index in [1.807, 2.05) is 0 Å². The monoisotopic (exact) mass is 661 g/mol. The minimum atomic E-state index is -1.61. The molecule has 0 aliphatic carbocycles. The van der Waals surface area contributed by atoms with Crippen LogP contribution in [0.5, 0.6) is 0 Å². The second kappa shape index (κ2) is 19.7. The van der Waals surface area contributed by atoms with Gasteiger partial charge in [-0.15, -0.1) is 0 Å². The molecule has 13 N–H and O–H groups in total. The van der Waals surface area contributed by atoms with E-state index in [0.717, 1.165) is 0 Å². The van der Waals surface area contributed by atoms with E-state index in [2.05, 4.69) is 26.3 Å². The Balaban J connectivity index is 3.17. The van der Waals surface area contributed by atoms with E-state index in [9.17, 15) is 44.1 Å². The predicted octanol–water partition coefficient (Wildman–Crippen LogP) is -4.47. The summed E-state index contributed by atoms with van der Waals surface area (Å²) in [5, 5.41) is 38.9. The number of aliphatic hydroxyl groups is 2. The molecular formula is C26H47N9O9S. The van der Waals surface area contributed by atoms with Crippen LogP contribution in [0.15, 0.2) is 4.99 Å². The fraction of sp³-hybridized carbons (Fsp3) is 0.731. The van der Waals surface area contributed by atoms with Gasteiger partial charge in [0.1, 0.15) is 30.2 Å². The van der Waals surface area contributed by atoms with Gasteiger partial charge in [0.2, 0.25) is 29.5 Å². The van der Waals surface area contributed by atoms with Crippen LogP contribution < -0.4 is 38.5 Å². The Labute approximate surface area is 265 Å². The molecule has 1 aliphatic rings. The van der Waals surface area contributed by atoms with Gasteiger partial charge >= 0.3 is 5.97 Å². The molecule has 0 unspecified atom stereocenters. The number of likely N-dealkylation sites (tertiary alicyclic amines) is 1. The van der Waals surface area contributed by atoms with Crippen LogP contribution in [0.2, 0.25) is 0 Å². The fourth-order valence-corrected chi connectivity index (χ4v) is 4.91. The third-order valence-electron chi connectivity index (χ3n) is 6.92. The molecule has 1 heterocycles. The Morgan fingerprint density at radius 1 is 0.956 bits per heavy atom. The average molecular weight is 662 g/mol. The SMILES string of the molecule is CSCC[C@H](NC(=O)[C@@H]1CCCN1C(=O)[C@H](CCCN=C(N)N)NC(=O)[C@@H](NC(=O)[C@H](CO)NC(=O)[C@H](C)N)[C@@H](C)O)C(=O)O. The van der Waals surface area contributed by atoms with Crippen LogP contribution in [0, 0.1) is 0 Å². The molecule has 1 saturated heterocycles. The van der Waals surface area contributed by atoms with Crippen molar-refractivity contribution >= 4 is 53.2 Å². The van der Waals surface area contributed by atoms with Gasteiger partial charge in [-0.1, -0.05) is 0 Å². The van der Waals surface area contributed by atoms with Crippen molar-refractivity contribution in [3.8, 4) is 0 Å². The fourth-order valence-electron chi connectivity index (χ4n) is 4.44. The maximum atomic E-state index is 13.8. The highest BCUT2D eigenvalue weighted by Gasteiger charge is 2.40. The molecule has 45 heavy (non-hydrogen) atoms. The number of carbonyl (C=O) groups excluding carboxylic acids is 5. The summed E-state index contributed by atoms with van der Waals surface area (Å²) in [6.45, 7) is 2.01. The van der Waals surface area contributed by atoms with Crippen molar-refractivity contribution in [2.24, 2.45) is 22.2 Å².